The molecule has 0 saturated heterocycles. The molecular formula is C29H17FO5. The highest BCUT2D eigenvalue weighted by Crippen LogP contribution is 2.52. The van der Waals surface area contributed by atoms with Crippen LogP contribution in [0.4, 0.5) is 4.39 Å². The van der Waals surface area contributed by atoms with Gasteiger partial charge in [-0.1, -0.05) is 42.5 Å². The van der Waals surface area contributed by atoms with E-state index in [0.717, 1.165) is 21.9 Å². The third-order valence-corrected chi connectivity index (χ3v) is 6.55. The van der Waals surface area contributed by atoms with Gasteiger partial charge in [-0.3, -0.25) is 0 Å². The third-order valence-electron chi connectivity index (χ3n) is 6.55. The van der Waals surface area contributed by atoms with Gasteiger partial charge in [0.05, 0.1) is 11.1 Å². The normalized spacial score (nSPS) is 12.7. The fourth-order valence-corrected chi connectivity index (χ4v) is 4.99. The highest BCUT2D eigenvalue weighted by molar-refractivity contribution is 6.00. The van der Waals surface area contributed by atoms with E-state index in [0.29, 0.717) is 27.8 Å². The molecule has 5 aromatic carbocycles. The lowest BCUT2D eigenvalue weighted by molar-refractivity contribution is 0.0686. The average Bonchev–Trinajstić information content (AvgIpc) is 2.86. The van der Waals surface area contributed by atoms with Gasteiger partial charge in [0.1, 0.15) is 17.3 Å². The van der Waals surface area contributed by atoms with E-state index in [4.69, 9.17) is 4.74 Å². The molecule has 35 heavy (non-hydrogen) atoms. The number of benzene rings is 5. The van der Waals surface area contributed by atoms with E-state index in [9.17, 15) is 19.8 Å². The molecule has 6 rings (SSSR count). The fourth-order valence-electron chi connectivity index (χ4n) is 4.99. The summed E-state index contributed by atoms with van der Waals surface area (Å²) in [5, 5.41) is 21.8. The molecule has 6 heteroatoms. The second-order valence-corrected chi connectivity index (χ2v) is 8.49. The SMILES string of the molecule is O=C(O)c1ccc2c3c(ccc2c1)Oc1ccc2cc(C(=O)O)ccc2c1C3c1ccccc1F. The summed E-state index contributed by atoms with van der Waals surface area (Å²) < 4.78 is 21.6. The van der Waals surface area contributed by atoms with Gasteiger partial charge in [-0.05, 0) is 64.0 Å². The maximum Gasteiger partial charge on any atom is 0.335 e. The molecule has 0 unspecified atom stereocenters. The molecule has 5 nitrogen and oxygen atoms in total. The Hall–Kier alpha value is -4.71. The monoisotopic (exact) mass is 464 g/mol. The van der Waals surface area contributed by atoms with Gasteiger partial charge in [0.25, 0.3) is 0 Å². The maximum atomic E-state index is 15.3. The molecule has 1 aliphatic heterocycles. The van der Waals surface area contributed by atoms with Crippen LogP contribution in [0.5, 0.6) is 11.5 Å². The van der Waals surface area contributed by atoms with Crippen LogP contribution in [-0.4, -0.2) is 22.2 Å². The van der Waals surface area contributed by atoms with Crippen molar-refractivity contribution >= 4 is 33.5 Å². The number of ether oxygens (including phenoxy) is 1. The number of halogens is 1. The summed E-state index contributed by atoms with van der Waals surface area (Å²) in [6, 6.07) is 23.4. The Bertz CT molecular complexity index is 1600. The molecule has 0 amide bonds. The van der Waals surface area contributed by atoms with Crippen molar-refractivity contribution in [2.24, 2.45) is 0 Å². The van der Waals surface area contributed by atoms with E-state index in [1.807, 2.05) is 0 Å². The van der Waals surface area contributed by atoms with Gasteiger partial charge in [-0.25, -0.2) is 14.0 Å². The summed E-state index contributed by atoms with van der Waals surface area (Å²) in [4.78, 5) is 23.1. The Kier molecular flexibility index (Phi) is 4.57. The van der Waals surface area contributed by atoms with Crippen molar-refractivity contribution in [3.63, 3.8) is 0 Å². The number of carboxylic acid groups (broad SMARTS) is 2. The van der Waals surface area contributed by atoms with Crippen LogP contribution in [0.2, 0.25) is 0 Å². The van der Waals surface area contributed by atoms with Crippen LogP contribution in [0.1, 0.15) is 43.3 Å². The zero-order valence-electron chi connectivity index (χ0n) is 18.2. The highest BCUT2D eigenvalue weighted by atomic mass is 19.1. The lowest BCUT2D eigenvalue weighted by atomic mass is 9.78. The summed E-state index contributed by atoms with van der Waals surface area (Å²) in [5.41, 5.74) is 2.22. The fraction of sp³-hybridized carbons (Fsp3) is 0.0345. The molecule has 1 heterocycles. The van der Waals surface area contributed by atoms with Crippen LogP contribution < -0.4 is 4.74 Å². The summed E-state index contributed by atoms with van der Waals surface area (Å²) in [5.74, 6) is -1.89. The molecule has 2 N–H and O–H groups in total. The Morgan fingerprint density at radius 1 is 0.686 bits per heavy atom. The maximum absolute atomic E-state index is 15.3. The van der Waals surface area contributed by atoms with Crippen LogP contribution in [-0.2, 0) is 0 Å². The topological polar surface area (TPSA) is 83.8 Å². The van der Waals surface area contributed by atoms with E-state index in [-0.39, 0.29) is 16.9 Å². The van der Waals surface area contributed by atoms with E-state index < -0.39 is 17.9 Å². The molecule has 0 fully saturated rings. The second kappa shape index (κ2) is 7.67. The van der Waals surface area contributed by atoms with Crippen molar-refractivity contribution < 1.29 is 28.9 Å². The first-order valence-corrected chi connectivity index (χ1v) is 10.9. The van der Waals surface area contributed by atoms with Gasteiger partial charge in [-0.15, -0.1) is 0 Å². The van der Waals surface area contributed by atoms with Gasteiger partial charge in [0.15, 0.2) is 0 Å². The van der Waals surface area contributed by atoms with Gasteiger partial charge in [0, 0.05) is 22.6 Å². The van der Waals surface area contributed by atoms with E-state index in [2.05, 4.69) is 0 Å². The number of hydrogen-bond donors (Lipinski definition) is 2. The number of carbonyl (C=O) groups is 2. The lowest BCUT2D eigenvalue weighted by Gasteiger charge is -2.31. The Balaban J connectivity index is 1.71. The van der Waals surface area contributed by atoms with Crippen molar-refractivity contribution in [2.75, 3.05) is 0 Å². The second-order valence-electron chi connectivity index (χ2n) is 8.49. The number of carboxylic acids is 2. The van der Waals surface area contributed by atoms with Crippen molar-refractivity contribution in [3.05, 3.63) is 119 Å². The molecular weight excluding hydrogens is 447 g/mol. The first-order valence-electron chi connectivity index (χ1n) is 10.9. The quantitative estimate of drug-likeness (QED) is 0.300. The minimum Gasteiger partial charge on any atom is -0.478 e. The molecule has 0 bridgehead atoms. The molecule has 0 spiro atoms. The number of aromatic carboxylic acids is 2. The van der Waals surface area contributed by atoms with Crippen molar-refractivity contribution in [3.8, 4) is 11.5 Å². The third kappa shape index (κ3) is 3.22. The predicted octanol–water partition coefficient (Wildman–Crippen LogP) is 6.81. The molecule has 0 radical (unpaired) electrons. The van der Waals surface area contributed by atoms with E-state index >= 15 is 4.39 Å². The van der Waals surface area contributed by atoms with Gasteiger partial charge in [0.2, 0.25) is 0 Å². The van der Waals surface area contributed by atoms with Crippen molar-refractivity contribution in [2.45, 2.75) is 5.92 Å². The Morgan fingerprint density at radius 3 is 1.69 bits per heavy atom. The minimum absolute atomic E-state index is 0.156. The summed E-state index contributed by atoms with van der Waals surface area (Å²) in [7, 11) is 0. The molecule has 170 valence electrons. The average molecular weight is 464 g/mol. The Labute approximate surface area is 198 Å². The zero-order valence-corrected chi connectivity index (χ0v) is 18.2. The number of hydrogen-bond acceptors (Lipinski definition) is 3. The smallest absolute Gasteiger partial charge is 0.335 e. The number of fused-ring (bicyclic) bond motifs is 6. The van der Waals surface area contributed by atoms with Crippen LogP contribution >= 0.6 is 0 Å². The van der Waals surface area contributed by atoms with Crippen LogP contribution in [0.3, 0.4) is 0 Å². The van der Waals surface area contributed by atoms with Crippen LogP contribution in [0.25, 0.3) is 21.5 Å². The van der Waals surface area contributed by atoms with Gasteiger partial charge >= 0.3 is 11.9 Å². The minimum atomic E-state index is -1.03. The molecule has 0 atom stereocenters. The predicted molar refractivity (Wildman–Crippen MR) is 129 cm³/mol. The molecule has 5 aromatic rings. The molecule has 0 aliphatic carbocycles. The first-order chi connectivity index (χ1) is 16.9. The standard InChI is InChI=1S/C29H17FO5/c30-22-4-2-1-3-21(22)27-25-19-9-5-17(28(31)32)13-15(19)7-11-23(25)35-24-12-8-16-14-18(29(33)34)6-10-20(16)26(24)27/h1-14,27H,(H,31,32)(H,33,34). The van der Waals surface area contributed by atoms with Crippen molar-refractivity contribution in [1.29, 1.82) is 0 Å². The highest BCUT2D eigenvalue weighted by Gasteiger charge is 2.33. The summed E-state index contributed by atoms with van der Waals surface area (Å²) in [6.45, 7) is 0. The van der Waals surface area contributed by atoms with E-state index in [1.165, 1.54) is 18.2 Å². The van der Waals surface area contributed by atoms with Gasteiger partial charge in [-0.2, -0.15) is 0 Å². The van der Waals surface area contributed by atoms with Gasteiger partial charge < -0.3 is 14.9 Å². The Morgan fingerprint density at radius 2 is 1.20 bits per heavy atom. The van der Waals surface area contributed by atoms with Crippen LogP contribution in [0.15, 0.2) is 84.9 Å². The molecule has 1 aliphatic rings. The number of rotatable bonds is 3. The first kappa shape index (κ1) is 20.9. The largest absolute Gasteiger partial charge is 0.478 e. The lowest BCUT2D eigenvalue weighted by Crippen LogP contribution is -2.14. The van der Waals surface area contributed by atoms with Crippen molar-refractivity contribution in [1.82, 2.24) is 0 Å². The summed E-state index contributed by atoms with van der Waals surface area (Å²) >= 11 is 0. The van der Waals surface area contributed by atoms with E-state index in [1.54, 1.807) is 66.7 Å². The summed E-state index contributed by atoms with van der Waals surface area (Å²) in [6.07, 6.45) is 0. The van der Waals surface area contributed by atoms with Crippen LogP contribution in [0, 0.1) is 5.82 Å². The molecule has 0 saturated carbocycles. The molecule has 0 aromatic heterocycles. The zero-order chi connectivity index (χ0) is 24.3.